The molecule has 1 aromatic rings. The number of nitrogens with one attached hydrogen (secondary N) is 1. The van der Waals surface area contributed by atoms with Crippen molar-refractivity contribution in [3.05, 3.63) is 17.0 Å². The SMILES string of the molecule is CCCCC(CCC)Nc1cc(Cl)nc(CC)n1. The van der Waals surface area contributed by atoms with Crippen LogP contribution in [0.3, 0.4) is 0 Å². The highest BCUT2D eigenvalue weighted by Crippen LogP contribution is 2.16. The van der Waals surface area contributed by atoms with E-state index in [2.05, 4.69) is 29.1 Å². The molecule has 1 N–H and O–H groups in total. The van der Waals surface area contributed by atoms with E-state index in [1.54, 1.807) is 0 Å². The van der Waals surface area contributed by atoms with E-state index in [0.717, 1.165) is 18.1 Å². The number of rotatable bonds is 8. The molecule has 0 radical (unpaired) electrons. The summed E-state index contributed by atoms with van der Waals surface area (Å²) in [6.45, 7) is 6.47. The molecule has 102 valence electrons. The molecule has 1 rings (SSSR count). The second kappa shape index (κ2) is 8.30. The largest absolute Gasteiger partial charge is 0.367 e. The Morgan fingerprint density at radius 2 is 1.94 bits per heavy atom. The van der Waals surface area contributed by atoms with Crippen LogP contribution in [0.5, 0.6) is 0 Å². The van der Waals surface area contributed by atoms with Gasteiger partial charge in [-0.15, -0.1) is 0 Å². The number of nitrogens with zero attached hydrogens (tertiary/aromatic N) is 2. The number of hydrogen-bond donors (Lipinski definition) is 1. The first kappa shape index (κ1) is 15.2. The van der Waals surface area contributed by atoms with Crippen LogP contribution in [0.4, 0.5) is 5.82 Å². The van der Waals surface area contributed by atoms with Crippen molar-refractivity contribution in [3.8, 4) is 0 Å². The molecule has 0 fully saturated rings. The zero-order valence-corrected chi connectivity index (χ0v) is 12.4. The van der Waals surface area contributed by atoms with Crippen LogP contribution in [0, 0.1) is 0 Å². The molecule has 4 heteroatoms. The molecule has 1 heterocycles. The number of hydrogen-bond acceptors (Lipinski definition) is 3. The first-order valence-electron chi connectivity index (χ1n) is 6.99. The molecule has 0 bridgehead atoms. The van der Waals surface area contributed by atoms with Crippen LogP contribution < -0.4 is 5.32 Å². The number of aromatic nitrogens is 2. The van der Waals surface area contributed by atoms with Crippen molar-refractivity contribution in [3.63, 3.8) is 0 Å². The fraction of sp³-hybridized carbons (Fsp3) is 0.714. The van der Waals surface area contributed by atoms with Gasteiger partial charge in [-0.25, -0.2) is 9.97 Å². The van der Waals surface area contributed by atoms with Gasteiger partial charge in [0, 0.05) is 18.5 Å². The van der Waals surface area contributed by atoms with Gasteiger partial charge in [0.25, 0.3) is 0 Å². The van der Waals surface area contributed by atoms with Crippen molar-refractivity contribution in [2.45, 2.75) is 65.3 Å². The van der Waals surface area contributed by atoms with Crippen LogP contribution in [-0.2, 0) is 6.42 Å². The molecule has 0 aliphatic heterocycles. The first-order valence-corrected chi connectivity index (χ1v) is 7.37. The Kier molecular flexibility index (Phi) is 7.02. The van der Waals surface area contributed by atoms with Gasteiger partial charge in [0.1, 0.15) is 16.8 Å². The van der Waals surface area contributed by atoms with Crippen LogP contribution in [0.25, 0.3) is 0 Å². The molecule has 0 amide bonds. The molecule has 1 atom stereocenters. The van der Waals surface area contributed by atoms with E-state index in [1.807, 2.05) is 13.0 Å². The average Bonchev–Trinajstić information content (AvgIpc) is 2.35. The van der Waals surface area contributed by atoms with Gasteiger partial charge in [-0.2, -0.15) is 0 Å². The number of anilines is 1. The Morgan fingerprint density at radius 1 is 1.17 bits per heavy atom. The van der Waals surface area contributed by atoms with Crippen LogP contribution >= 0.6 is 11.6 Å². The van der Waals surface area contributed by atoms with E-state index >= 15 is 0 Å². The van der Waals surface area contributed by atoms with Crippen molar-refractivity contribution in [1.29, 1.82) is 0 Å². The van der Waals surface area contributed by atoms with E-state index in [9.17, 15) is 0 Å². The summed E-state index contributed by atoms with van der Waals surface area (Å²) in [5.41, 5.74) is 0. The van der Waals surface area contributed by atoms with Gasteiger partial charge < -0.3 is 5.32 Å². The summed E-state index contributed by atoms with van der Waals surface area (Å²) in [7, 11) is 0. The summed E-state index contributed by atoms with van der Waals surface area (Å²) in [6, 6.07) is 2.31. The molecule has 0 saturated carbocycles. The minimum absolute atomic E-state index is 0.491. The predicted octanol–water partition coefficient (Wildman–Crippen LogP) is 4.46. The lowest BCUT2D eigenvalue weighted by molar-refractivity contribution is 0.562. The maximum atomic E-state index is 6.00. The molecule has 0 aromatic carbocycles. The maximum Gasteiger partial charge on any atom is 0.134 e. The number of aryl methyl sites for hydroxylation is 1. The van der Waals surface area contributed by atoms with E-state index in [0.29, 0.717) is 11.2 Å². The lowest BCUT2D eigenvalue weighted by Crippen LogP contribution is -2.20. The molecule has 1 unspecified atom stereocenters. The van der Waals surface area contributed by atoms with E-state index in [1.165, 1.54) is 32.1 Å². The lowest BCUT2D eigenvalue weighted by atomic mass is 10.1. The molecule has 18 heavy (non-hydrogen) atoms. The maximum absolute atomic E-state index is 6.00. The molecule has 0 spiro atoms. The van der Waals surface area contributed by atoms with Crippen molar-refractivity contribution >= 4 is 17.4 Å². The summed E-state index contributed by atoms with van der Waals surface area (Å²) in [5.74, 6) is 1.66. The van der Waals surface area contributed by atoms with Gasteiger partial charge >= 0.3 is 0 Å². The second-order valence-corrected chi connectivity index (χ2v) is 5.01. The Labute approximate surface area is 115 Å². The highest BCUT2D eigenvalue weighted by atomic mass is 35.5. The summed E-state index contributed by atoms with van der Waals surface area (Å²) >= 11 is 6.00. The van der Waals surface area contributed by atoms with Crippen molar-refractivity contribution in [1.82, 2.24) is 9.97 Å². The quantitative estimate of drug-likeness (QED) is 0.708. The van der Waals surface area contributed by atoms with E-state index < -0.39 is 0 Å². The first-order chi connectivity index (χ1) is 8.69. The zero-order valence-electron chi connectivity index (χ0n) is 11.7. The standard InChI is InChI=1S/C14H24ClN3/c1-4-7-9-11(8-5-2)16-14-10-12(15)17-13(6-3)18-14/h10-11H,4-9H2,1-3H3,(H,16,17,18). The third-order valence-corrected chi connectivity index (χ3v) is 3.15. The highest BCUT2D eigenvalue weighted by molar-refractivity contribution is 6.29. The second-order valence-electron chi connectivity index (χ2n) is 4.62. The number of unbranched alkanes of at least 4 members (excludes halogenated alkanes) is 1. The van der Waals surface area contributed by atoms with Crippen molar-refractivity contribution < 1.29 is 0 Å². The third kappa shape index (κ3) is 5.21. The minimum Gasteiger partial charge on any atom is -0.367 e. The fourth-order valence-corrected chi connectivity index (χ4v) is 2.19. The molecular formula is C14H24ClN3. The summed E-state index contributed by atoms with van der Waals surface area (Å²) < 4.78 is 0. The van der Waals surface area contributed by atoms with Crippen molar-refractivity contribution in [2.24, 2.45) is 0 Å². The van der Waals surface area contributed by atoms with Gasteiger partial charge in [-0.1, -0.05) is 51.6 Å². The Hall–Kier alpha value is -0.830. The fourth-order valence-electron chi connectivity index (χ4n) is 1.99. The van der Waals surface area contributed by atoms with Crippen molar-refractivity contribution in [2.75, 3.05) is 5.32 Å². The summed E-state index contributed by atoms with van der Waals surface area (Å²) in [6.07, 6.45) is 6.82. The molecule has 0 saturated heterocycles. The van der Waals surface area contributed by atoms with Gasteiger partial charge in [-0.05, 0) is 12.8 Å². The van der Waals surface area contributed by atoms with Crippen LogP contribution in [0.2, 0.25) is 5.15 Å². The van der Waals surface area contributed by atoms with Gasteiger partial charge in [-0.3, -0.25) is 0 Å². The third-order valence-electron chi connectivity index (χ3n) is 2.95. The van der Waals surface area contributed by atoms with Gasteiger partial charge in [0.2, 0.25) is 0 Å². The number of halogens is 1. The average molecular weight is 270 g/mol. The highest BCUT2D eigenvalue weighted by Gasteiger charge is 2.09. The van der Waals surface area contributed by atoms with Gasteiger partial charge in [0.05, 0.1) is 0 Å². The smallest absolute Gasteiger partial charge is 0.134 e. The van der Waals surface area contributed by atoms with E-state index in [4.69, 9.17) is 11.6 Å². The zero-order chi connectivity index (χ0) is 13.4. The molecule has 1 aromatic heterocycles. The Balaban J connectivity index is 2.69. The monoisotopic (exact) mass is 269 g/mol. The Morgan fingerprint density at radius 3 is 2.56 bits per heavy atom. The predicted molar refractivity (Wildman–Crippen MR) is 78.3 cm³/mol. The molecule has 3 nitrogen and oxygen atoms in total. The van der Waals surface area contributed by atoms with Crippen LogP contribution in [0.1, 0.15) is 58.7 Å². The molecular weight excluding hydrogens is 246 g/mol. The molecule has 0 aliphatic rings. The van der Waals surface area contributed by atoms with Gasteiger partial charge in [0.15, 0.2) is 0 Å². The molecule has 0 aliphatic carbocycles. The van der Waals surface area contributed by atoms with Crippen LogP contribution in [-0.4, -0.2) is 16.0 Å². The Bertz CT molecular complexity index is 355. The summed E-state index contributed by atoms with van der Waals surface area (Å²) in [4.78, 5) is 8.66. The van der Waals surface area contributed by atoms with Crippen LogP contribution in [0.15, 0.2) is 6.07 Å². The summed E-state index contributed by atoms with van der Waals surface area (Å²) in [5, 5.41) is 4.02. The topological polar surface area (TPSA) is 37.8 Å². The normalized spacial score (nSPS) is 12.4. The lowest BCUT2D eigenvalue weighted by Gasteiger charge is -2.18. The minimum atomic E-state index is 0.491. The van der Waals surface area contributed by atoms with E-state index in [-0.39, 0.29) is 0 Å².